The summed E-state index contributed by atoms with van der Waals surface area (Å²) in [6.07, 6.45) is 3.90. The number of hydrogen-bond donors (Lipinski definition) is 3. The zero-order valence-corrected chi connectivity index (χ0v) is 24.1. The summed E-state index contributed by atoms with van der Waals surface area (Å²) in [5.41, 5.74) is 14.3. The van der Waals surface area contributed by atoms with Crippen LogP contribution in [0.2, 0.25) is 0 Å². The maximum atomic E-state index is 12.0. The molecular weight excluding hydrogens is 576 g/mol. The van der Waals surface area contributed by atoms with E-state index < -0.39 is 18.4 Å². The molecule has 0 amide bonds. The molecule has 5 N–H and O–H groups in total. The lowest BCUT2D eigenvalue weighted by Gasteiger charge is -2.06. The van der Waals surface area contributed by atoms with Gasteiger partial charge in [-0.05, 0) is 13.8 Å². The third-order valence-corrected chi connectivity index (χ3v) is 6.35. The van der Waals surface area contributed by atoms with E-state index in [9.17, 15) is 14.7 Å². The van der Waals surface area contributed by atoms with E-state index in [1.54, 1.807) is 34.0 Å². The van der Waals surface area contributed by atoms with Crippen LogP contribution in [0.15, 0.2) is 45.2 Å². The zero-order chi connectivity index (χ0) is 31.7. The first-order chi connectivity index (χ1) is 21.0. The number of methoxy groups -OCH3 is 1. The molecule has 0 aliphatic carbocycles. The van der Waals surface area contributed by atoms with Crippen molar-refractivity contribution in [1.82, 2.24) is 49.1 Å². The molecule has 226 valence electrons. The lowest BCUT2D eigenvalue weighted by molar-refractivity contribution is 0.0601. The van der Waals surface area contributed by atoms with Crippen molar-refractivity contribution in [1.29, 1.82) is 0 Å². The summed E-state index contributed by atoms with van der Waals surface area (Å²) in [4.78, 5) is 32.6. The van der Waals surface area contributed by atoms with Crippen LogP contribution >= 0.6 is 0 Å². The summed E-state index contributed by atoms with van der Waals surface area (Å²) >= 11 is 0. The number of carbonyl (C=O) groups excluding carboxylic acids is 2. The number of carbonyl (C=O) groups is 2. The Hall–Kier alpha value is -6.18. The third kappa shape index (κ3) is 5.15. The van der Waals surface area contributed by atoms with Crippen molar-refractivity contribution >= 4 is 46.4 Å². The molecule has 20 heteroatoms. The Labute approximate surface area is 247 Å². The van der Waals surface area contributed by atoms with Gasteiger partial charge in [-0.2, -0.15) is 29.8 Å². The first kappa shape index (κ1) is 29.3. The van der Waals surface area contributed by atoms with Gasteiger partial charge in [0, 0.05) is 20.2 Å². The molecule has 0 unspecified atom stereocenters. The van der Waals surface area contributed by atoms with Gasteiger partial charge in [0.1, 0.15) is 18.5 Å². The van der Waals surface area contributed by atoms with E-state index >= 15 is 0 Å². The molecule has 5 heterocycles. The molecule has 0 saturated carbocycles. The van der Waals surface area contributed by atoms with Gasteiger partial charge in [0.2, 0.25) is 0 Å². The number of hydrogen-bond acceptors (Lipinski definition) is 16. The number of aliphatic hydroxyl groups excluding tert-OH is 1. The first-order valence-electron chi connectivity index (χ1n) is 12.7. The van der Waals surface area contributed by atoms with Gasteiger partial charge in [0.25, 0.3) is 0 Å². The number of rotatable bonds is 9. The highest BCUT2D eigenvalue weighted by molar-refractivity contribution is 6.00. The predicted molar refractivity (Wildman–Crippen MR) is 152 cm³/mol. The average Bonchev–Trinajstić information content (AvgIpc) is 3.74. The number of ether oxygens (including phenoxy) is 1. The summed E-state index contributed by atoms with van der Waals surface area (Å²) in [6, 6.07) is 1.54. The number of ketones is 1. The summed E-state index contributed by atoms with van der Waals surface area (Å²) in [6.45, 7) is 2.66. The number of anilines is 2. The molecule has 0 fully saturated rings. The van der Waals surface area contributed by atoms with Gasteiger partial charge in [-0.25, -0.2) is 24.1 Å². The molecule has 0 radical (unpaired) electrons. The monoisotopic (exact) mass is 602 g/mol. The van der Waals surface area contributed by atoms with Crippen molar-refractivity contribution in [2.45, 2.75) is 13.8 Å². The highest BCUT2D eigenvalue weighted by Crippen LogP contribution is 2.33. The number of aryl methyl sites for hydroxylation is 4. The Balaban J connectivity index is 1.47. The number of nitrogen functional groups attached to an aromatic ring is 2. The van der Waals surface area contributed by atoms with Crippen molar-refractivity contribution in [3.8, 4) is 11.6 Å². The number of Topliss-reactive ketones (excluding diaryl/α,β-unsaturated/α-hetero) is 1. The van der Waals surface area contributed by atoms with Crippen molar-refractivity contribution in [3.63, 3.8) is 0 Å². The van der Waals surface area contributed by atoms with Crippen molar-refractivity contribution in [2.24, 2.45) is 34.6 Å². The molecule has 5 aromatic rings. The molecule has 44 heavy (non-hydrogen) atoms. The van der Waals surface area contributed by atoms with Gasteiger partial charge < -0.3 is 21.3 Å². The van der Waals surface area contributed by atoms with E-state index in [0.717, 1.165) is 0 Å². The van der Waals surface area contributed by atoms with Gasteiger partial charge in [0.05, 0.1) is 36.5 Å². The largest absolute Gasteiger partial charge is 0.465 e. The van der Waals surface area contributed by atoms with E-state index in [1.165, 1.54) is 44.6 Å². The number of esters is 1. The SMILES string of the molecule is COC(=O)c1cnn(C)c1N=Nc1c(C)nn(-c2cc(-n3nc(C)c(N=Nc4c(C(=O)CO)cnn4C)c3N)ncn2)c1N. The van der Waals surface area contributed by atoms with Crippen LogP contribution < -0.4 is 11.5 Å². The number of azo groups is 2. The van der Waals surface area contributed by atoms with Gasteiger partial charge >= 0.3 is 5.97 Å². The van der Waals surface area contributed by atoms with Crippen LogP contribution in [0, 0.1) is 13.8 Å². The zero-order valence-electron chi connectivity index (χ0n) is 24.1. The average molecular weight is 603 g/mol. The molecule has 0 aliphatic heterocycles. The maximum absolute atomic E-state index is 12.0. The highest BCUT2D eigenvalue weighted by atomic mass is 16.5. The number of aliphatic hydroxyl groups is 1. The molecular formula is C24H26N16O4. The molecule has 0 aromatic carbocycles. The summed E-state index contributed by atoms with van der Waals surface area (Å²) in [5, 5.41) is 42.8. The van der Waals surface area contributed by atoms with E-state index in [4.69, 9.17) is 16.2 Å². The third-order valence-electron chi connectivity index (χ3n) is 6.35. The van der Waals surface area contributed by atoms with Crippen LogP contribution in [0.25, 0.3) is 11.6 Å². The molecule has 0 spiro atoms. The second-order valence-corrected chi connectivity index (χ2v) is 9.18. The van der Waals surface area contributed by atoms with Crippen molar-refractivity contribution < 1.29 is 19.4 Å². The minimum Gasteiger partial charge on any atom is -0.465 e. The molecule has 0 atom stereocenters. The molecule has 20 nitrogen and oxygen atoms in total. The quantitative estimate of drug-likeness (QED) is 0.124. The number of aromatic nitrogens is 10. The van der Waals surface area contributed by atoms with Gasteiger partial charge in [-0.15, -0.1) is 20.5 Å². The van der Waals surface area contributed by atoms with Crippen LogP contribution in [0.1, 0.15) is 32.1 Å². The Kier molecular flexibility index (Phi) is 7.73. The summed E-state index contributed by atoms with van der Waals surface area (Å²) in [5.74, 6) is -0.107. The highest BCUT2D eigenvalue weighted by Gasteiger charge is 2.21. The fourth-order valence-electron chi connectivity index (χ4n) is 4.07. The van der Waals surface area contributed by atoms with Gasteiger partial charge in [0.15, 0.2) is 52.1 Å². The number of nitrogens with zero attached hydrogens (tertiary/aromatic N) is 14. The predicted octanol–water partition coefficient (Wildman–Crippen LogP) is 1.89. The standard InChI is InChI=1S/C24H26N16O4/c1-11-18(31-33-22-13(15(42)9-41)7-29-37(22)3)20(25)39(35-11)16-6-17(28-10-27-16)40-21(26)19(12(2)36-40)32-34-23-14(24(43)44-5)8-30-38(23)4/h6-8,10,41H,9,25-26H2,1-5H3. The molecule has 0 saturated heterocycles. The lowest BCUT2D eigenvalue weighted by Crippen LogP contribution is -2.09. The van der Waals surface area contributed by atoms with Crippen molar-refractivity contribution in [3.05, 3.63) is 47.3 Å². The van der Waals surface area contributed by atoms with Crippen LogP contribution in [0.3, 0.4) is 0 Å². The summed E-state index contributed by atoms with van der Waals surface area (Å²) in [7, 11) is 4.44. The minimum absolute atomic E-state index is 0.102. The van der Waals surface area contributed by atoms with Crippen LogP contribution in [-0.4, -0.2) is 79.7 Å². The van der Waals surface area contributed by atoms with E-state index in [-0.39, 0.29) is 57.4 Å². The molecule has 5 rings (SSSR count). The second kappa shape index (κ2) is 11.6. The number of nitrogens with two attached hydrogens (primary N) is 2. The molecule has 0 aliphatic rings. The minimum atomic E-state index is -0.700. The van der Waals surface area contributed by atoms with Crippen LogP contribution in [0.5, 0.6) is 0 Å². The Morgan fingerprint density at radius 2 is 1.32 bits per heavy atom. The van der Waals surface area contributed by atoms with E-state index in [1.807, 2.05) is 0 Å². The van der Waals surface area contributed by atoms with Crippen molar-refractivity contribution in [2.75, 3.05) is 25.2 Å². The first-order valence-corrected chi connectivity index (χ1v) is 12.7. The van der Waals surface area contributed by atoms with E-state index in [2.05, 4.69) is 50.8 Å². The fraction of sp³-hybridized carbons (Fsp3) is 0.250. The topological polar surface area (TPSA) is 262 Å². The van der Waals surface area contributed by atoms with Gasteiger partial charge in [-0.3, -0.25) is 4.79 Å². The van der Waals surface area contributed by atoms with Gasteiger partial charge in [-0.1, -0.05) is 0 Å². The Bertz CT molecular complexity index is 1820. The Morgan fingerprint density at radius 3 is 1.80 bits per heavy atom. The summed E-state index contributed by atoms with van der Waals surface area (Å²) < 4.78 is 10.2. The second-order valence-electron chi connectivity index (χ2n) is 9.18. The normalized spacial score (nSPS) is 11.7. The maximum Gasteiger partial charge on any atom is 0.343 e. The van der Waals surface area contributed by atoms with Crippen LogP contribution in [-0.2, 0) is 18.8 Å². The smallest absolute Gasteiger partial charge is 0.343 e. The molecule has 0 bridgehead atoms. The fourth-order valence-corrected chi connectivity index (χ4v) is 4.07. The Morgan fingerprint density at radius 1 is 0.841 bits per heavy atom. The van der Waals surface area contributed by atoms with E-state index in [0.29, 0.717) is 11.4 Å². The van der Waals surface area contributed by atoms with Crippen LogP contribution in [0.4, 0.5) is 34.6 Å². The molecule has 5 aromatic heterocycles. The lowest BCUT2D eigenvalue weighted by atomic mass is 10.2.